The maximum Gasteiger partial charge on any atom is 0.126 e. The van der Waals surface area contributed by atoms with Crippen molar-refractivity contribution in [3.63, 3.8) is 0 Å². The van der Waals surface area contributed by atoms with Crippen molar-refractivity contribution >= 4 is 10.8 Å². The summed E-state index contributed by atoms with van der Waals surface area (Å²) in [6.45, 7) is 2.28. The fourth-order valence-corrected chi connectivity index (χ4v) is 3.77. The fraction of sp³-hybridized carbons (Fsp3) is 0.474. The van der Waals surface area contributed by atoms with Crippen molar-refractivity contribution in [2.45, 2.75) is 51.4 Å². The molecule has 106 valence electrons. The highest BCUT2D eigenvalue weighted by Crippen LogP contribution is 2.42. The van der Waals surface area contributed by atoms with Gasteiger partial charge in [-0.3, -0.25) is 0 Å². The van der Waals surface area contributed by atoms with Crippen molar-refractivity contribution in [2.75, 3.05) is 0 Å². The zero-order valence-electron chi connectivity index (χ0n) is 12.3. The maximum absolute atomic E-state index is 10.6. The topological polar surface area (TPSA) is 20.2 Å². The Hall–Kier alpha value is -1.50. The lowest BCUT2D eigenvalue weighted by atomic mass is 9.76. The molecular weight excluding hydrogens is 244 g/mol. The summed E-state index contributed by atoms with van der Waals surface area (Å²) < 4.78 is 0. The summed E-state index contributed by atoms with van der Waals surface area (Å²) >= 11 is 0. The quantitative estimate of drug-likeness (QED) is 0.766. The molecule has 2 aromatic rings. The highest BCUT2D eigenvalue weighted by Gasteiger charge is 2.24. The summed E-state index contributed by atoms with van der Waals surface area (Å²) in [6, 6.07) is 12.4. The molecule has 0 aromatic heterocycles. The van der Waals surface area contributed by atoms with E-state index in [2.05, 4.69) is 25.1 Å². The van der Waals surface area contributed by atoms with Crippen LogP contribution in [0, 0.1) is 5.92 Å². The standard InChI is InChI=1S/C19H24O/c1-2-5-14-8-10-16(11-9-14)18-13-12-15-6-3-4-7-17(15)19(18)20/h3-4,6-7,12-14,16,20H,2,5,8-11H2,1H3. The Labute approximate surface area is 121 Å². The van der Waals surface area contributed by atoms with E-state index in [0.29, 0.717) is 11.7 Å². The molecule has 20 heavy (non-hydrogen) atoms. The summed E-state index contributed by atoms with van der Waals surface area (Å²) in [5.41, 5.74) is 1.17. The molecule has 0 aliphatic heterocycles. The van der Waals surface area contributed by atoms with Crippen LogP contribution in [0.5, 0.6) is 5.75 Å². The largest absolute Gasteiger partial charge is 0.507 e. The van der Waals surface area contributed by atoms with Crippen molar-refractivity contribution in [1.29, 1.82) is 0 Å². The van der Waals surface area contributed by atoms with E-state index in [4.69, 9.17) is 0 Å². The van der Waals surface area contributed by atoms with Gasteiger partial charge in [-0.25, -0.2) is 0 Å². The molecular formula is C19H24O. The van der Waals surface area contributed by atoms with Gasteiger partial charge in [0.05, 0.1) is 0 Å². The molecule has 1 fully saturated rings. The molecule has 0 unspecified atom stereocenters. The van der Waals surface area contributed by atoms with Crippen LogP contribution in [0.2, 0.25) is 0 Å². The molecule has 3 rings (SSSR count). The fourth-order valence-electron chi connectivity index (χ4n) is 3.77. The van der Waals surface area contributed by atoms with E-state index in [1.54, 1.807) is 0 Å². The monoisotopic (exact) mass is 268 g/mol. The predicted octanol–water partition coefficient (Wildman–Crippen LogP) is 5.62. The van der Waals surface area contributed by atoms with Gasteiger partial charge in [0.15, 0.2) is 0 Å². The number of phenols is 1. The molecule has 0 atom stereocenters. The Morgan fingerprint density at radius 3 is 2.50 bits per heavy atom. The van der Waals surface area contributed by atoms with E-state index in [9.17, 15) is 5.11 Å². The third-order valence-electron chi connectivity index (χ3n) is 4.92. The second-order valence-corrected chi connectivity index (χ2v) is 6.23. The number of hydrogen-bond acceptors (Lipinski definition) is 1. The first kappa shape index (κ1) is 13.5. The molecule has 0 heterocycles. The number of aromatic hydroxyl groups is 1. The molecule has 0 amide bonds. The van der Waals surface area contributed by atoms with Gasteiger partial charge in [-0.05, 0) is 48.5 Å². The molecule has 0 bridgehead atoms. The zero-order chi connectivity index (χ0) is 13.9. The van der Waals surface area contributed by atoms with Gasteiger partial charge in [-0.2, -0.15) is 0 Å². The van der Waals surface area contributed by atoms with Gasteiger partial charge in [0.2, 0.25) is 0 Å². The first-order valence-corrected chi connectivity index (χ1v) is 8.00. The van der Waals surface area contributed by atoms with Crippen molar-refractivity contribution in [3.05, 3.63) is 42.0 Å². The van der Waals surface area contributed by atoms with Gasteiger partial charge in [-0.1, -0.05) is 56.2 Å². The lowest BCUT2D eigenvalue weighted by Gasteiger charge is -2.29. The third-order valence-corrected chi connectivity index (χ3v) is 4.92. The smallest absolute Gasteiger partial charge is 0.126 e. The van der Waals surface area contributed by atoms with Crippen LogP contribution in [0.15, 0.2) is 36.4 Å². The summed E-state index contributed by atoms with van der Waals surface area (Å²) in [5, 5.41) is 12.7. The van der Waals surface area contributed by atoms with Gasteiger partial charge in [0, 0.05) is 5.39 Å². The van der Waals surface area contributed by atoms with Crippen LogP contribution in [-0.2, 0) is 0 Å². The lowest BCUT2D eigenvalue weighted by molar-refractivity contribution is 0.304. The lowest BCUT2D eigenvalue weighted by Crippen LogP contribution is -2.13. The second-order valence-electron chi connectivity index (χ2n) is 6.23. The van der Waals surface area contributed by atoms with Crippen LogP contribution in [-0.4, -0.2) is 5.11 Å². The van der Waals surface area contributed by atoms with Crippen LogP contribution < -0.4 is 0 Å². The molecule has 1 saturated carbocycles. The first-order valence-electron chi connectivity index (χ1n) is 8.00. The van der Waals surface area contributed by atoms with Crippen LogP contribution in [0.3, 0.4) is 0 Å². The van der Waals surface area contributed by atoms with Crippen LogP contribution in [0.1, 0.15) is 56.9 Å². The van der Waals surface area contributed by atoms with Crippen molar-refractivity contribution in [3.8, 4) is 5.75 Å². The Balaban J connectivity index is 1.83. The molecule has 0 spiro atoms. The second kappa shape index (κ2) is 5.87. The average molecular weight is 268 g/mol. The number of rotatable bonds is 3. The molecule has 1 N–H and O–H groups in total. The summed E-state index contributed by atoms with van der Waals surface area (Å²) in [7, 11) is 0. The summed E-state index contributed by atoms with van der Waals surface area (Å²) in [5.74, 6) is 1.98. The Morgan fingerprint density at radius 1 is 1.00 bits per heavy atom. The Kier molecular flexibility index (Phi) is 3.95. The number of fused-ring (bicyclic) bond motifs is 1. The highest BCUT2D eigenvalue weighted by molar-refractivity contribution is 5.89. The van der Waals surface area contributed by atoms with Crippen molar-refractivity contribution < 1.29 is 5.11 Å². The van der Waals surface area contributed by atoms with Crippen LogP contribution in [0.25, 0.3) is 10.8 Å². The maximum atomic E-state index is 10.6. The van der Waals surface area contributed by atoms with E-state index in [1.807, 2.05) is 18.2 Å². The molecule has 1 nitrogen and oxygen atoms in total. The molecule has 0 radical (unpaired) electrons. The van der Waals surface area contributed by atoms with Crippen molar-refractivity contribution in [1.82, 2.24) is 0 Å². The van der Waals surface area contributed by atoms with Gasteiger partial charge in [-0.15, -0.1) is 0 Å². The Morgan fingerprint density at radius 2 is 1.75 bits per heavy atom. The number of benzene rings is 2. The zero-order valence-corrected chi connectivity index (χ0v) is 12.3. The highest BCUT2D eigenvalue weighted by atomic mass is 16.3. The number of phenolic OH excluding ortho intramolecular Hbond substituents is 1. The Bertz CT molecular complexity index is 579. The average Bonchev–Trinajstić information content (AvgIpc) is 2.49. The van der Waals surface area contributed by atoms with E-state index >= 15 is 0 Å². The molecule has 1 heteroatoms. The molecule has 2 aromatic carbocycles. The van der Waals surface area contributed by atoms with Gasteiger partial charge in [0.1, 0.15) is 5.75 Å². The molecule has 0 saturated heterocycles. The van der Waals surface area contributed by atoms with Crippen LogP contribution in [0.4, 0.5) is 0 Å². The normalized spacial score (nSPS) is 23.1. The number of hydrogen-bond donors (Lipinski definition) is 1. The van der Waals surface area contributed by atoms with Gasteiger partial charge in [0.25, 0.3) is 0 Å². The van der Waals surface area contributed by atoms with E-state index in [1.165, 1.54) is 44.1 Å². The van der Waals surface area contributed by atoms with Gasteiger partial charge >= 0.3 is 0 Å². The molecule has 1 aliphatic carbocycles. The summed E-state index contributed by atoms with van der Waals surface area (Å²) in [6.07, 6.45) is 7.79. The van der Waals surface area contributed by atoms with E-state index in [-0.39, 0.29) is 0 Å². The van der Waals surface area contributed by atoms with Gasteiger partial charge < -0.3 is 5.11 Å². The third kappa shape index (κ3) is 2.54. The van der Waals surface area contributed by atoms with E-state index < -0.39 is 0 Å². The minimum absolute atomic E-state index is 0.516. The SMILES string of the molecule is CCCC1CCC(c2ccc3ccccc3c2O)CC1. The van der Waals surface area contributed by atoms with Crippen LogP contribution >= 0.6 is 0 Å². The van der Waals surface area contributed by atoms with E-state index in [0.717, 1.165) is 16.7 Å². The summed E-state index contributed by atoms with van der Waals surface area (Å²) in [4.78, 5) is 0. The molecule has 1 aliphatic rings. The van der Waals surface area contributed by atoms with Crippen molar-refractivity contribution in [2.24, 2.45) is 5.92 Å². The first-order chi connectivity index (χ1) is 9.79. The minimum atomic E-state index is 0.516. The minimum Gasteiger partial charge on any atom is -0.507 e. The predicted molar refractivity (Wildman–Crippen MR) is 85.2 cm³/mol.